The summed E-state index contributed by atoms with van der Waals surface area (Å²) in [6, 6.07) is 4.26. The Morgan fingerprint density at radius 1 is 1.26 bits per heavy atom. The number of aliphatic carboxylic acids is 1. The summed E-state index contributed by atoms with van der Waals surface area (Å²) in [6.45, 7) is 3.55. The van der Waals surface area contributed by atoms with E-state index in [0.29, 0.717) is 42.0 Å². The van der Waals surface area contributed by atoms with E-state index in [1.807, 2.05) is 4.90 Å². The molecular weight excluding hydrogens is 343 g/mol. The highest BCUT2D eigenvalue weighted by Gasteiger charge is 2.27. The van der Waals surface area contributed by atoms with Crippen LogP contribution in [0.25, 0.3) is 0 Å². The summed E-state index contributed by atoms with van der Waals surface area (Å²) in [5, 5.41) is 9.85. The Kier molecular flexibility index (Phi) is 6.10. The average molecular weight is 361 g/mol. The summed E-state index contributed by atoms with van der Waals surface area (Å²) in [7, 11) is 0. The number of hydrogen-bond acceptors (Lipinski definition) is 4. The molecule has 2 rings (SSSR count). The van der Waals surface area contributed by atoms with Gasteiger partial charge in [0.1, 0.15) is 11.8 Å². The first kappa shape index (κ1) is 17.8. The van der Waals surface area contributed by atoms with Crippen LogP contribution in [-0.4, -0.2) is 65.6 Å². The number of benzene rings is 1. The van der Waals surface area contributed by atoms with Crippen LogP contribution in [0.3, 0.4) is 0 Å². The van der Waals surface area contributed by atoms with Gasteiger partial charge >= 0.3 is 5.97 Å². The van der Waals surface area contributed by atoms with Crippen LogP contribution in [0.4, 0.5) is 0 Å². The quantitative estimate of drug-likeness (QED) is 0.869. The van der Waals surface area contributed by atoms with Gasteiger partial charge in [-0.3, -0.25) is 14.5 Å². The Morgan fingerprint density at radius 3 is 2.48 bits per heavy atom. The molecule has 0 radical (unpaired) electrons. The largest absolute Gasteiger partial charge is 0.482 e. The third-order valence-electron chi connectivity index (χ3n) is 3.82. The molecular formula is C15H18Cl2N2O4. The number of hydrogen-bond donors (Lipinski definition) is 1. The van der Waals surface area contributed by atoms with Crippen molar-refractivity contribution in [3.63, 3.8) is 0 Å². The second-order valence-electron chi connectivity index (χ2n) is 5.29. The minimum Gasteiger partial charge on any atom is -0.482 e. The highest BCUT2D eigenvalue weighted by molar-refractivity contribution is 6.35. The highest BCUT2D eigenvalue weighted by Crippen LogP contribution is 2.27. The second kappa shape index (κ2) is 7.86. The van der Waals surface area contributed by atoms with Gasteiger partial charge in [-0.1, -0.05) is 23.2 Å². The summed E-state index contributed by atoms with van der Waals surface area (Å²) >= 11 is 11.8. The van der Waals surface area contributed by atoms with Crippen LogP contribution in [0.15, 0.2) is 18.2 Å². The van der Waals surface area contributed by atoms with E-state index in [2.05, 4.69) is 0 Å². The Labute approximate surface area is 144 Å². The van der Waals surface area contributed by atoms with Crippen molar-refractivity contribution in [2.24, 2.45) is 0 Å². The van der Waals surface area contributed by atoms with Gasteiger partial charge in [-0.05, 0) is 25.1 Å². The SMILES string of the molecule is CC(C(=O)O)N1CCN(C(=O)COc2ccc(Cl)cc2Cl)CC1. The smallest absolute Gasteiger partial charge is 0.320 e. The molecule has 126 valence electrons. The fraction of sp³-hybridized carbons (Fsp3) is 0.467. The molecule has 1 saturated heterocycles. The molecule has 23 heavy (non-hydrogen) atoms. The van der Waals surface area contributed by atoms with E-state index in [-0.39, 0.29) is 12.5 Å². The maximum Gasteiger partial charge on any atom is 0.320 e. The van der Waals surface area contributed by atoms with E-state index < -0.39 is 12.0 Å². The van der Waals surface area contributed by atoms with Gasteiger partial charge in [-0.15, -0.1) is 0 Å². The number of nitrogens with zero attached hydrogens (tertiary/aromatic N) is 2. The maximum absolute atomic E-state index is 12.2. The lowest BCUT2D eigenvalue weighted by atomic mass is 10.2. The molecule has 1 aliphatic rings. The number of carboxylic acid groups (broad SMARTS) is 1. The predicted octanol–water partition coefficient (Wildman–Crippen LogP) is 1.99. The van der Waals surface area contributed by atoms with Gasteiger partial charge < -0.3 is 14.7 Å². The number of ether oxygens (including phenoxy) is 1. The summed E-state index contributed by atoms with van der Waals surface area (Å²) in [5.41, 5.74) is 0. The Hall–Kier alpha value is -1.50. The molecule has 1 unspecified atom stereocenters. The lowest BCUT2D eigenvalue weighted by Gasteiger charge is -2.36. The molecule has 1 amide bonds. The molecule has 0 aromatic heterocycles. The fourth-order valence-corrected chi connectivity index (χ4v) is 2.80. The maximum atomic E-state index is 12.2. The van der Waals surface area contributed by atoms with E-state index in [1.54, 1.807) is 30.0 Å². The minimum absolute atomic E-state index is 0.115. The third kappa shape index (κ3) is 4.73. The number of carbonyl (C=O) groups is 2. The van der Waals surface area contributed by atoms with Crippen molar-refractivity contribution in [3.8, 4) is 5.75 Å². The number of rotatable bonds is 5. The minimum atomic E-state index is -0.856. The van der Waals surface area contributed by atoms with E-state index in [0.717, 1.165) is 0 Å². The molecule has 1 aliphatic heterocycles. The lowest BCUT2D eigenvalue weighted by Crippen LogP contribution is -2.53. The van der Waals surface area contributed by atoms with Gasteiger partial charge in [0.2, 0.25) is 0 Å². The van der Waals surface area contributed by atoms with Gasteiger partial charge in [0.25, 0.3) is 5.91 Å². The van der Waals surface area contributed by atoms with E-state index >= 15 is 0 Å². The van der Waals surface area contributed by atoms with Crippen LogP contribution in [0.1, 0.15) is 6.92 Å². The molecule has 1 heterocycles. The number of carboxylic acids is 1. The van der Waals surface area contributed by atoms with Crippen LogP contribution in [0.5, 0.6) is 5.75 Å². The first-order valence-corrected chi connectivity index (χ1v) is 7.96. The van der Waals surface area contributed by atoms with Crippen LogP contribution in [-0.2, 0) is 9.59 Å². The third-order valence-corrected chi connectivity index (χ3v) is 4.35. The number of halogens is 2. The van der Waals surface area contributed by atoms with Crippen LogP contribution in [0.2, 0.25) is 10.0 Å². The Balaban J connectivity index is 1.82. The van der Waals surface area contributed by atoms with Gasteiger partial charge in [0.15, 0.2) is 6.61 Å². The van der Waals surface area contributed by atoms with Crippen LogP contribution >= 0.6 is 23.2 Å². The molecule has 1 fully saturated rings. The van der Waals surface area contributed by atoms with Gasteiger partial charge in [0, 0.05) is 31.2 Å². The highest BCUT2D eigenvalue weighted by atomic mass is 35.5. The van der Waals surface area contributed by atoms with Crippen molar-refractivity contribution < 1.29 is 19.4 Å². The molecule has 8 heteroatoms. The lowest BCUT2D eigenvalue weighted by molar-refractivity contribution is -0.144. The zero-order valence-corrected chi connectivity index (χ0v) is 14.2. The Morgan fingerprint density at radius 2 is 1.91 bits per heavy atom. The zero-order valence-electron chi connectivity index (χ0n) is 12.7. The molecule has 1 aromatic carbocycles. The molecule has 1 atom stereocenters. The topological polar surface area (TPSA) is 70.1 Å². The van der Waals surface area contributed by atoms with E-state index in [4.69, 9.17) is 33.0 Å². The number of piperazine rings is 1. The van der Waals surface area contributed by atoms with E-state index in [1.165, 1.54) is 0 Å². The summed E-state index contributed by atoms with van der Waals surface area (Å²) in [5.74, 6) is -0.605. The molecule has 0 spiro atoms. The molecule has 0 bridgehead atoms. The average Bonchev–Trinajstić information content (AvgIpc) is 2.53. The summed E-state index contributed by atoms with van der Waals surface area (Å²) in [4.78, 5) is 26.6. The van der Waals surface area contributed by atoms with Crippen LogP contribution < -0.4 is 4.74 Å². The monoisotopic (exact) mass is 360 g/mol. The number of amides is 1. The van der Waals surface area contributed by atoms with Crippen molar-refractivity contribution in [3.05, 3.63) is 28.2 Å². The van der Waals surface area contributed by atoms with Gasteiger partial charge in [-0.2, -0.15) is 0 Å². The fourth-order valence-electron chi connectivity index (χ4n) is 2.34. The standard InChI is InChI=1S/C15H18Cl2N2O4/c1-10(15(21)22)18-4-6-19(7-5-18)14(20)9-23-13-3-2-11(16)8-12(13)17/h2-3,8,10H,4-7,9H2,1H3,(H,21,22). The molecule has 1 aromatic rings. The van der Waals surface area contributed by atoms with Crippen molar-refractivity contribution in [1.82, 2.24) is 9.80 Å². The normalized spacial score (nSPS) is 16.9. The van der Waals surface area contributed by atoms with Crippen LogP contribution in [0, 0.1) is 0 Å². The molecule has 6 nitrogen and oxygen atoms in total. The van der Waals surface area contributed by atoms with E-state index in [9.17, 15) is 9.59 Å². The van der Waals surface area contributed by atoms with Crippen molar-refractivity contribution in [2.75, 3.05) is 32.8 Å². The Bertz CT molecular complexity index is 589. The van der Waals surface area contributed by atoms with Gasteiger partial charge in [0.05, 0.1) is 5.02 Å². The van der Waals surface area contributed by atoms with Crippen molar-refractivity contribution in [1.29, 1.82) is 0 Å². The zero-order chi connectivity index (χ0) is 17.0. The first-order valence-electron chi connectivity index (χ1n) is 7.21. The first-order chi connectivity index (χ1) is 10.9. The summed E-state index contributed by atoms with van der Waals surface area (Å²) in [6.07, 6.45) is 0. The van der Waals surface area contributed by atoms with Crippen molar-refractivity contribution >= 4 is 35.1 Å². The van der Waals surface area contributed by atoms with Gasteiger partial charge in [-0.25, -0.2) is 0 Å². The summed E-state index contributed by atoms with van der Waals surface area (Å²) < 4.78 is 5.43. The predicted molar refractivity (Wildman–Crippen MR) is 87.2 cm³/mol. The number of carbonyl (C=O) groups excluding carboxylic acids is 1. The van der Waals surface area contributed by atoms with Crippen molar-refractivity contribution in [2.45, 2.75) is 13.0 Å². The second-order valence-corrected chi connectivity index (χ2v) is 6.14. The molecule has 0 saturated carbocycles. The molecule has 1 N–H and O–H groups in total. The molecule has 0 aliphatic carbocycles.